The number of hydrogen-bond donors (Lipinski definition) is 2. The molecule has 0 aliphatic carbocycles. The van der Waals surface area contributed by atoms with Crippen LogP contribution in [-0.2, 0) is 16.0 Å². The van der Waals surface area contributed by atoms with E-state index in [-0.39, 0.29) is 18.8 Å². The van der Waals surface area contributed by atoms with Gasteiger partial charge < -0.3 is 19.6 Å². The third-order valence-corrected chi connectivity index (χ3v) is 5.62. The summed E-state index contributed by atoms with van der Waals surface area (Å²) >= 11 is 1.17. The predicted molar refractivity (Wildman–Crippen MR) is 118 cm³/mol. The van der Waals surface area contributed by atoms with E-state index in [9.17, 15) is 14.7 Å². The number of rotatable bonds is 12. The van der Waals surface area contributed by atoms with Gasteiger partial charge in [0.15, 0.2) is 0 Å². The van der Waals surface area contributed by atoms with Crippen LogP contribution in [0.2, 0.25) is 0 Å². The van der Waals surface area contributed by atoms with Crippen LogP contribution in [0.4, 0.5) is 0 Å². The second-order valence-corrected chi connectivity index (χ2v) is 8.79. The maximum atomic E-state index is 12.7. The smallest absolute Gasteiger partial charge is 0.348 e. The van der Waals surface area contributed by atoms with Crippen molar-refractivity contribution in [1.82, 2.24) is 14.9 Å². The highest BCUT2D eigenvalue weighted by Gasteiger charge is 2.21. The molecular formula is C21H33N3O5S. The Bertz CT molecular complexity index is 893. The van der Waals surface area contributed by atoms with Gasteiger partial charge in [0.2, 0.25) is 0 Å². The Labute approximate surface area is 181 Å². The number of aryl methyl sites for hydroxylation is 1. The van der Waals surface area contributed by atoms with Gasteiger partial charge in [-0.1, -0.05) is 20.8 Å². The average molecular weight is 440 g/mol. The monoisotopic (exact) mass is 439 g/mol. The van der Waals surface area contributed by atoms with E-state index in [0.29, 0.717) is 52.1 Å². The lowest BCUT2D eigenvalue weighted by Gasteiger charge is -2.24. The maximum absolute atomic E-state index is 12.7. The maximum Gasteiger partial charge on any atom is 0.348 e. The lowest BCUT2D eigenvalue weighted by molar-refractivity contribution is 0.00657. The SMILES string of the molecule is CCCN(Cc1nc2sc(C(=O)OCC)c(C)c2c(=O)[nH]1)CC(O)COCC(C)C. The number of nitrogens with zero attached hydrogens (tertiary/aromatic N) is 2. The van der Waals surface area contributed by atoms with Gasteiger partial charge in [0, 0.05) is 13.2 Å². The van der Waals surface area contributed by atoms with Crippen LogP contribution in [0.25, 0.3) is 10.2 Å². The Morgan fingerprint density at radius 1 is 1.30 bits per heavy atom. The second-order valence-electron chi connectivity index (χ2n) is 7.79. The van der Waals surface area contributed by atoms with Gasteiger partial charge in [0.25, 0.3) is 5.56 Å². The summed E-state index contributed by atoms with van der Waals surface area (Å²) in [5.41, 5.74) is 0.327. The minimum absolute atomic E-state index is 0.267. The molecule has 2 aromatic heterocycles. The number of thiophene rings is 1. The fraction of sp³-hybridized carbons (Fsp3) is 0.667. The first-order valence-electron chi connectivity index (χ1n) is 10.4. The summed E-state index contributed by atoms with van der Waals surface area (Å²) in [5.74, 6) is 0.489. The number of esters is 1. The van der Waals surface area contributed by atoms with Crippen LogP contribution in [0.3, 0.4) is 0 Å². The molecule has 1 unspecified atom stereocenters. The summed E-state index contributed by atoms with van der Waals surface area (Å²) in [6.07, 6.45) is 0.280. The van der Waals surface area contributed by atoms with Gasteiger partial charge in [-0.2, -0.15) is 0 Å². The van der Waals surface area contributed by atoms with E-state index < -0.39 is 12.1 Å². The van der Waals surface area contributed by atoms with Crippen LogP contribution in [-0.4, -0.2) is 65.0 Å². The topological polar surface area (TPSA) is 105 Å². The van der Waals surface area contributed by atoms with Crippen molar-refractivity contribution < 1.29 is 19.4 Å². The van der Waals surface area contributed by atoms with Crippen LogP contribution in [0, 0.1) is 12.8 Å². The van der Waals surface area contributed by atoms with E-state index in [1.54, 1.807) is 13.8 Å². The van der Waals surface area contributed by atoms with E-state index in [2.05, 4.69) is 30.7 Å². The fourth-order valence-electron chi connectivity index (χ4n) is 3.21. The summed E-state index contributed by atoms with van der Waals surface area (Å²) in [7, 11) is 0. The number of nitrogens with one attached hydrogen (secondary N) is 1. The number of ether oxygens (including phenoxy) is 2. The molecule has 0 aliphatic rings. The Morgan fingerprint density at radius 2 is 2.03 bits per heavy atom. The average Bonchev–Trinajstić information content (AvgIpc) is 2.98. The van der Waals surface area contributed by atoms with Gasteiger partial charge in [-0.15, -0.1) is 11.3 Å². The highest BCUT2D eigenvalue weighted by molar-refractivity contribution is 7.20. The van der Waals surface area contributed by atoms with Crippen LogP contribution in [0.1, 0.15) is 55.2 Å². The molecule has 0 saturated carbocycles. The second kappa shape index (κ2) is 11.5. The summed E-state index contributed by atoms with van der Waals surface area (Å²) in [6.45, 7) is 12.4. The lowest BCUT2D eigenvalue weighted by atomic mass is 10.2. The number of aromatic nitrogens is 2. The molecule has 0 amide bonds. The zero-order chi connectivity index (χ0) is 22.3. The molecule has 0 bridgehead atoms. The quantitative estimate of drug-likeness (QED) is 0.490. The van der Waals surface area contributed by atoms with Gasteiger partial charge in [0.05, 0.1) is 31.2 Å². The minimum Gasteiger partial charge on any atom is -0.462 e. The molecule has 0 radical (unpaired) electrons. The van der Waals surface area contributed by atoms with Gasteiger partial charge >= 0.3 is 5.97 Å². The molecule has 1 atom stereocenters. The van der Waals surface area contributed by atoms with Crippen LogP contribution in [0.15, 0.2) is 4.79 Å². The van der Waals surface area contributed by atoms with Crippen molar-refractivity contribution in [1.29, 1.82) is 0 Å². The Kier molecular flexibility index (Phi) is 9.41. The summed E-state index contributed by atoms with van der Waals surface area (Å²) in [6, 6.07) is 0. The molecule has 8 nitrogen and oxygen atoms in total. The Morgan fingerprint density at radius 3 is 2.67 bits per heavy atom. The summed E-state index contributed by atoms with van der Waals surface area (Å²) in [4.78, 5) is 35.2. The third kappa shape index (κ3) is 6.60. The standard InChI is InChI=1S/C21H33N3O5S/c1-6-8-24(9-15(25)12-28-11-13(3)4)10-16-22-19(26)17-14(5)18(21(27)29-7-2)30-20(17)23-16/h13,15,25H,6-12H2,1-5H3,(H,22,23,26). The largest absolute Gasteiger partial charge is 0.462 e. The predicted octanol–water partition coefficient (Wildman–Crippen LogP) is 2.72. The molecule has 0 aliphatic heterocycles. The molecule has 0 aromatic carbocycles. The molecule has 2 rings (SSSR count). The van der Waals surface area contributed by atoms with Gasteiger partial charge in [-0.05, 0) is 38.3 Å². The molecule has 0 saturated heterocycles. The summed E-state index contributed by atoms with van der Waals surface area (Å²) < 4.78 is 10.6. The molecule has 2 heterocycles. The first-order chi connectivity index (χ1) is 14.3. The molecule has 2 N–H and O–H groups in total. The van der Waals surface area contributed by atoms with E-state index in [4.69, 9.17) is 9.47 Å². The van der Waals surface area contributed by atoms with E-state index in [1.165, 1.54) is 11.3 Å². The van der Waals surface area contributed by atoms with Crippen LogP contribution in [0.5, 0.6) is 0 Å². The normalized spacial score (nSPS) is 12.8. The molecule has 30 heavy (non-hydrogen) atoms. The number of carbonyl (C=O) groups excluding carboxylic acids is 1. The van der Waals surface area contributed by atoms with E-state index in [0.717, 1.165) is 13.0 Å². The first-order valence-corrected chi connectivity index (χ1v) is 11.3. The van der Waals surface area contributed by atoms with Crippen molar-refractivity contribution in [3.05, 3.63) is 26.6 Å². The zero-order valence-electron chi connectivity index (χ0n) is 18.5. The van der Waals surface area contributed by atoms with Gasteiger partial charge in [-0.3, -0.25) is 9.69 Å². The number of aromatic amines is 1. The van der Waals surface area contributed by atoms with Crippen molar-refractivity contribution in [3.8, 4) is 0 Å². The Balaban J connectivity index is 2.17. The van der Waals surface area contributed by atoms with E-state index in [1.807, 2.05) is 4.90 Å². The number of carbonyl (C=O) groups is 1. The fourth-order valence-corrected chi connectivity index (χ4v) is 4.30. The van der Waals surface area contributed by atoms with E-state index >= 15 is 0 Å². The number of H-pyrrole nitrogens is 1. The van der Waals surface area contributed by atoms with Gasteiger partial charge in [-0.25, -0.2) is 9.78 Å². The molecular weight excluding hydrogens is 406 g/mol. The number of fused-ring (bicyclic) bond motifs is 1. The van der Waals surface area contributed by atoms with Gasteiger partial charge in [0.1, 0.15) is 15.5 Å². The Hall–Kier alpha value is -1.81. The highest BCUT2D eigenvalue weighted by Crippen LogP contribution is 2.27. The molecule has 9 heteroatoms. The number of aliphatic hydroxyl groups excluding tert-OH is 1. The third-order valence-electron chi connectivity index (χ3n) is 4.45. The van der Waals surface area contributed by atoms with Crippen molar-refractivity contribution in [3.63, 3.8) is 0 Å². The summed E-state index contributed by atoms with van der Waals surface area (Å²) in [5, 5.41) is 10.7. The molecule has 168 valence electrons. The lowest BCUT2D eigenvalue weighted by Crippen LogP contribution is -2.36. The molecule has 2 aromatic rings. The van der Waals surface area contributed by atoms with Crippen LogP contribution >= 0.6 is 11.3 Å². The van der Waals surface area contributed by atoms with Crippen LogP contribution < -0.4 is 5.56 Å². The minimum atomic E-state index is -0.620. The van der Waals surface area contributed by atoms with Crippen molar-refractivity contribution in [2.75, 3.05) is 32.9 Å². The number of aliphatic hydroxyl groups is 1. The molecule has 0 fully saturated rings. The van der Waals surface area contributed by atoms with Crippen molar-refractivity contribution in [2.24, 2.45) is 5.92 Å². The van der Waals surface area contributed by atoms with Crippen molar-refractivity contribution in [2.45, 2.75) is 53.7 Å². The highest BCUT2D eigenvalue weighted by atomic mass is 32.1. The van der Waals surface area contributed by atoms with Crippen molar-refractivity contribution >= 4 is 27.5 Å². The first kappa shape index (κ1) is 24.5. The zero-order valence-corrected chi connectivity index (χ0v) is 19.3. The number of hydrogen-bond acceptors (Lipinski definition) is 8. The molecule has 0 spiro atoms.